The first-order valence-corrected chi connectivity index (χ1v) is 9.60. The Bertz CT molecular complexity index is 502. The van der Waals surface area contributed by atoms with Gasteiger partial charge in [-0.3, -0.25) is 9.80 Å². The first-order chi connectivity index (χ1) is 11.7. The highest BCUT2D eigenvalue weighted by atomic mass is 16.3. The van der Waals surface area contributed by atoms with Gasteiger partial charge in [0, 0.05) is 45.4 Å². The lowest BCUT2D eigenvalue weighted by Gasteiger charge is -2.43. The smallest absolute Gasteiger partial charge is 0.115 e. The predicted octanol–water partition coefficient (Wildman–Crippen LogP) is 2.84. The van der Waals surface area contributed by atoms with Gasteiger partial charge in [0.2, 0.25) is 0 Å². The number of phenolic OH excluding ortho intramolecular Hbond substituents is 1. The predicted molar refractivity (Wildman–Crippen MR) is 97.0 cm³/mol. The van der Waals surface area contributed by atoms with Crippen molar-refractivity contribution in [2.45, 2.75) is 51.1 Å². The Morgan fingerprint density at radius 1 is 1.08 bits per heavy atom. The molecule has 0 amide bonds. The molecule has 1 aliphatic heterocycles. The van der Waals surface area contributed by atoms with Gasteiger partial charge in [-0.15, -0.1) is 0 Å². The molecular weight excluding hydrogens is 300 g/mol. The molecule has 1 saturated carbocycles. The van der Waals surface area contributed by atoms with E-state index in [0.717, 1.165) is 38.5 Å². The van der Waals surface area contributed by atoms with Crippen LogP contribution in [0.1, 0.15) is 44.1 Å². The van der Waals surface area contributed by atoms with Crippen LogP contribution in [0.25, 0.3) is 0 Å². The minimum atomic E-state index is 0.270. The molecule has 0 unspecified atom stereocenters. The minimum Gasteiger partial charge on any atom is -0.508 e. The number of aromatic hydroxyl groups is 1. The normalized spacial score (nSPS) is 24.3. The van der Waals surface area contributed by atoms with Crippen LogP contribution in [-0.4, -0.2) is 58.8 Å². The summed E-state index contributed by atoms with van der Waals surface area (Å²) in [7, 11) is 0. The van der Waals surface area contributed by atoms with Crippen LogP contribution >= 0.6 is 0 Å². The van der Waals surface area contributed by atoms with Gasteiger partial charge in [-0.25, -0.2) is 0 Å². The maximum absolute atomic E-state index is 9.64. The molecule has 134 valence electrons. The van der Waals surface area contributed by atoms with Gasteiger partial charge in [0.15, 0.2) is 0 Å². The Balaban J connectivity index is 1.55. The second-order valence-electron chi connectivity index (χ2n) is 7.57. The summed E-state index contributed by atoms with van der Waals surface area (Å²) in [6.45, 7) is 5.55. The van der Waals surface area contributed by atoms with Crippen molar-refractivity contribution in [2.24, 2.45) is 5.92 Å². The fraction of sp³-hybridized carbons (Fsp3) is 0.700. The van der Waals surface area contributed by atoms with Crippen LogP contribution in [0.15, 0.2) is 24.3 Å². The highest BCUT2D eigenvalue weighted by molar-refractivity contribution is 5.27. The first kappa shape index (κ1) is 17.7. The van der Waals surface area contributed by atoms with E-state index in [1.165, 1.54) is 44.2 Å². The molecule has 1 aliphatic carbocycles. The van der Waals surface area contributed by atoms with Crippen molar-refractivity contribution < 1.29 is 10.2 Å². The average molecular weight is 332 g/mol. The Labute approximate surface area is 146 Å². The van der Waals surface area contributed by atoms with E-state index in [9.17, 15) is 10.2 Å². The van der Waals surface area contributed by atoms with Crippen LogP contribution in [0.5, 0.6) is 5.75 Å². The van der Waals surface area contributed by atoms with Crippen LogP contribution in [0.4, 0.5) is 0 Å². The highest BCUT2D eigenvalue weighted by Crippen LogP contribution is 2.26. The van der Waals surface area contributed by atoms with Crippen molar-refractivity contribution in [1.82, 2.24) is 9.80 Å². The van der Waals surface area contributed by atoms with Gasteiger partial charge >= 0.3 is 0 Å². The zero-order valence-electron chi connectivity index (χ0n) is 14.7. The third kappa shape index (κ3) is 4.95. The van der Waals surface area contributed by atoms with Crippen molar-refractivity contribution in [2.75, 3.05) is 32.8 Å². The summed E-state index contributed by atoms with van der Waals surface area (Å²) in [6.07, 6.45) is 7.84. The third-order valence-corrected chi connectivity index (χ3v) is 5.69. The zero-order valence-corrected chi connectivity index (χ0v) is 14.7. The van der Waals surface area contributed by atoms with E-state index in [-0.39, 0.29) is 6.61 Å². The molecule has 2 N–H and O–H groups in total. The summed E-state index contributed by atoms with van der Waals surface area (Å²) < 4.78 is 0. The fourth-order valence-electron chi connectivity index (χ4n) is 4.38. The molecule has 4 heteroatoms. The molecule has 0 aromatic heterocycles. The number of aliphatic hydroxyl groups is 1. The van der Waals surface area contributed by atoms with Crippen molar-refractivity contribution in [3.63, 3.8) is 0 Å². The lowest BCUT2D eigenvalue weighted by molar-refractivity contribution is 0.0400. The van der Waals surface area contributed by atoms with Crippen LogP contribution in [0, 0.1) is 5.92 Å². The summed E-state index contributed by atoms with van der Waals surface area (Å²) in [5.41, 5.74) is 1.17. The van der Waals surface area contributed by atoms with Gasteiger partial charge in [-0.05, 0) is 42.9 Å². The van der Waals surface area contributed by atoms with E-state index < -0.39 is 0 Å². The van der Waals surface area contributed by atoms with E-state index in [1.54, 1.807) is 6.07 Å². The van der Waals surface area contributed by atoms with Gasteiger partial charge in [0.25, 0.3) is 0 Å². The molecule has 2 aliphatic rings. The largest absolute Gasteiger partial charge is 0.508 e. The summed E-state index contributed by atoms with van der Waals surface area (Å²) in [6, 6.07) is 8.03. The zero-order chi connectivity index (χ0) is 16.8. The maximum Gasteiger partial charge on any atom is 0.115 e. The van der Waals surface area contributed by atoms with Crippen molar-refractivity contribution in [3.05, 3.63) is 29.8 Å². The molecule has 2 fully saturated rings. The quantitative estimate of drug-likeness (QED) is 0.841. The lowest BCUT2D eigenvalue weighted by atomic mass is 9.88. The molecule has 0 spiro atoms. The first-order valence-electron chi connectivity index (χ1n) is 9.60. The van der Waals surface area contributed by atoms with Crippen molar-refractivity contribution in [3.8, 4) is 5.75 Å². The number of benzene rings is 1. The molecule has 24 heavy (non-hydrogen) atoms. The monoisotopic (exact) mass is 332 g/mol. The number of piperazine rings is 1. The summed E-state index contributed by atoms with van der Waals surface area (Å²) >= 11 is 0. The minimum absolute atomic E-state index is 0.270. The number of aliphatic hydroxyl groups excluding tert-OH is 1. The van der Waals surface area contributed by atoms with Gasteiger partial charge in [0.1, 0.15) is 5.75 Å². The van der Waals surface area contributed by atoms with Crippen LogP contribution < -0.4 is 0 Å². The van der Waals surface area contributed by atoms with Crippen molar-refractivity contribution >= 4 is 0 Å². The van der Waals surface area contributed by atoms with Gasteiger partial charge in [-0.1, -0.05) is 31.4 Å². The molecule has 0 bridgehead atoms. The molecule has 1 aromatic carbocycles. The highest BCUT2D eigenvalue weighted by Gasteiger charge is 2.28. The van der Waals surface area contributed by atoms with E-state index >= 15 is 0 Å². The Morgan fingerprint density at radius 3 is 2.67 bits per heavy atom. The Hall–Kier alpha value is -1.10. The maximum atomic E-state index is 9.64. The number of hydrogen-bond donors (Lipinski definition) is 2. The molecule has 0 radical (unpaired) electrons. The average Bonchev–Trinajstić information content (AvgIpc) is 2.58. The molecule has 1 saturated heterocycles. The van der Waals surface area contributed by atoms with Crippen LogP contribution in [0.2, 0.25) is 0 Å². The topological polar surface area (TPSA) is 46.9 Å². The van der Waals surface area contributed by atoms with Gasteiger partial charge in [0.05, 0.1) is 0 Å². The second-order valence-corrected chi connectivity index (χ2v) is 7.57. The van der Waals surface area contributed by atoms with E-state index in [4.69, 9.17) is 0 Å². The van der Waals surface area contributed by atoms with Gasteiger partial charge in [-0.2, -0.15) is 0 Å². The van der Waals surface area contributed by atoms with Crippen LogP contribution in [-0.2, 0) is 6.54 Å². The number of phenols is 1. The summed E-state index contributed by atoms with van der Waals surface area (Å²) in [4.78, 5) is 5.09. The molecule has 1 heterocycles. The molecule has 1 atom stereocenters. The second kappa shape index (κ2) is 8.84. The molecule has 3 rings (SSSR count). The molecular formula is C20H32N2O2. The number of nitrogens with zero attached hydrogens (tertiary/aromatic N) is 2. The van der Waals surface area contributed by atoms with Crippen molar-refractivity contribution in [1.29, 1.82) is 0 Å². The Kier molecular flexibility index (Phi) is 6.52. The molecule has 4 nitrogen and oxygen atoms in total. The fourth-order valence-corrected chi connectivity index (χ4v) is 4.38. The Morgan fingerprint density at radius 2 is 1.92 bits per heavy atom. The summed E-state index contributed by atoms with van der Waals surface area (Å²) in [5, 5.41) is 19.1. The number of hydrogen-bond acceptors (Lipinski definition) is 4. The van der Waals surface area contributed by atoms with E-state index in [0.29, 0.717) is 11.8 Å². The lowest BCUT2D eigenvalue weighted by Crippen LogP contribution is -2.54. The third-order valence-electron chi connectivity index (χ3n) is 5.69. The summed E-state index contributed by atoms with van der Waals surface area (Å²) in [5.74, 6) is 1.20. The molecule has 1 aromatic rings. The number of rotatable bonds is 6. The van der Waals surface area contributed by atoms with E-state index in [1.807, 2.05) is 12.1 Å². The van der Waals surface area contributed by atoms with Gasteiger partial charge < -0.3 is 10.2 Å². The van der Waals surface area contributed by atoms with E-state index in [2.05, 4.69) is 15.9 Å². The van der Waals surface area contributed by atoms with Crippen LogP contribution in [0.3, 0.4) is 0 Å². The standard InChI is InChI=1S/C20H32N2O2/c23-12-9-19-16-21(14-18-7-4-8-20(24)13-18)10-11-22(19)15-17-5-2-1-3-6-17/h4,7-8,13,17,19,23-24H,1-3,5-6,9-12,14-16H2/t19-/m1/s1. The SMILES string of the molecule is OCC[C@@H]1CN(Cc2cccc(O)c2)CCN1CC1CCCCC1.